The first-order valence-electron chi connectivity index (χ1n) is 6.00. The summed E-state index contributed by atoms with van der Waals surface area (Å²) in [5, 5.41) is 9.90. The Labute approximate surface area is 111 Å². The van der Waals surface area contributed by atoms with Crippen LogP contribution >= 0.6 is 11.6 Å². The van der Waals surface area contributed by atoms with Gasteiger partial charge in [-0.2, -0.15) is 0 Å². The van der Waals surface area contributed by atoms with Crippen molar-refractivity contribution in [3.05, 3.63) is 34.9 Å². The normalized spacial score (nSPS) is 27.7. The second kappa shape index (κ2) is 5.26. The van der Waals surface area contributed by atoms with Gasteiger partial charge in [0, 0.05) is 10.9 Å². The second-order valence-corrected chi connectivity index (χ2v) is 5.39. The second-order valence-electron chi connectivity index (χ2n) is 4.96. The average Bonchev–Trinajstić information content (AvgIpc) is 2.74. The highest BCUT2D eigenvalue weighted by Crippen LogP contribution is 2.34. The number of hydrogen-bond donors (Lipinski definition) is 3. The van der Waals surface area contributed by atoms with Crippen molar-refractivity contribution in [3.8, 4) is 0 Å². The van der Waals surface area contributed by atoms with Crippen LogP contribution in [0, 0.1) is 11.8 Å². The van der Waals surface area contributed by atoms with E-state index in [2.05, 4.69) is 10.9 Å². The Morgan fingerprint density at radius 1 is 1.28 bits per heavy atom. The molecule has 4 nitrogen and oxygen atoms in total. The lowest BCUT2D eigenvalue weighted by atomic mass is 9.81. The van der Waals surface area contributed by atoms with Crippen LogP contribution in [0.2, 0.25) is 5.02 Å². The Morgan fingerprint density at radius 2 is 1.89 bits per heavy atom. The predicted octanol–water partition coefficient (Wildman–Crippen LogP) is 2.21. The van der Waals surface area contributed by atoms with E-state index in [-0.39, 0.29) is 17.9 Å². The number of aliphatic carboxylic acids is 1. The first-order chi connectivity index (χ1) is 8.50. The van der Waals surface area contributed by atoms with Gasteiger partial charge < -0.3 is 5.11 Å². The van der Waals surface area contributed by atoms with E-state index in [4.69, 9.17) is 11.6 Å². The van der Waals surface area contributed by atoms with Crippen molar-refractivity contribution in [2.75, 3.05) is 0 Å². The maximum absolute atomic E-state index is 11.2. The van der Waals surface area contributed by atoms with Gasteiger partial charge in [-0.3, -0.25) is 4.79 Å². The molecule has 18 heavy (non-hydrogen) atoms. The molecule has 0 aromatic heterocycles. The highest BCUT2D eigenvalue weighted by molar-refractivity contribution is 6.30. The van der Waals surface area contributed by atoms with E-state index >= 15 is 0 Å². The molecule has 3 unspecified atom stereocenters. The Kier molecular flexibility index (Phi) is 3.90. The van der Waals surface area contributed by atoms with E-state index in [1.165, 1.54) is 0 Å². The van der Waals surface area contributed by atoms with Crippen molar-refractivity contribution in [1.82, 2.24) is 10.9 Å². The van der Waals surface area contributed by atoms with E-state index < -0.39 is 12.0 Å². The van der Waals surface area contributed by atoms with Crippen LogP contribution in [-0.4, -0.2) is 17.1 Å². The summed E-state index contributed by atoms with van der Waals surface area (Å²) in [6.07, 6.45) is 0. The van der Waals surface area contributed by atoms with Gasteiger partial charge in [0.15, 0.2) is 0 Å². The van der Waals surface area contributed by atoms with Crippen LogP contribution in [0.15, 0.2) is 24.3 Å². The largest absolute Gasteiger partial charge is 0.480 e. The molecule has 1 aromatic rings. The molecule has 0 amide bonds. The van der Waals surface area contributed by atoms with Gasteiger partial charge in [-0.1, -0.05) is 37.6 Å². The maximum Gasteiger partial charge on any atom is 0.322 e. The third-order valence-corrected chi connectivity index (χ3v) is 3.68. The topological polar surface area (TPSA) is 61.4 Å². The summed E-state index contributed by atoms with van der Waals surface area (Å²) in [4.78, 5) is 11.2. The molecule has 2 rings (SSSR count). The van der Waals surface area contributed by atoms with Gasteiger partial charge in [-0.15, -0.1) is 0 Å². The Bertz CT molecular complexity index is 433. The van der Waals surface area contributed by atoms with Gasteiger partial charge in [-0.05, 0) is 23.6 Å². The molecule has 0 bridgehead atoms. The monoisotopic (exact) mass is 268 g/mol. The number of halogens is 1. The molecule has 0 aliphatic carbocycles. The fourth-order valence-corrected chi connectivity index (χ4v) is 2.66. The molecule has 0 spiro atoms. The summed E-state index contributed by atoms with van der Waals surface area (Å²) in [7, 11) is 0. The number of hydrazine groups is 1. The molecule has 1 aliphatic heterocycles. The summed E-state index contributed by atoms with van der Waals surface area (Å²) in [6.45, 7) is 4.08. The smallest absolute Gasteiger partial charge is 0.322 e. The quantitative estimate of drug-likeness (QED) is 0.787. The first kappa shape index (κ1) is 13.3. The number of nitrogens with one attached hydrogen (secondary N) is 2. The average molecular weight is 269 g/mol. The van der Waals surface area contributed by atoms with E-state index in [1.807, 2.05) is 38.1 Å². The fourth-order valence-electron chi connectivity index (χ4n) is 2.54. The molecule has 3 N–H and O–H groups in total. The SMILES string of the molecule is CC(C)C1C(C(=O)O)NNC1c1ccc(Cl)cc1. The van der Waals surface area contributed by atoms with Gasteiger partial charge >= 0.3 is 5.97 Å². The number of rotatable bonds is 3. The highest BCUT2D eigenvalue weighted by Gasteiger charge is 2.42. The summed E-state index contributed by atoms with van der Waals surface area (Å²) in [5.74, 6) is -0.560. The predicted molar refractivity (Wildman–Crippen MR) is 70.2 cm³/mol. The lowest BCUT2D eigenvalue weighted by Crippen LogP contribution is -2.39. The van der Waals surface area contributed by atoms with Gasteiger partial charge in [0.2, 0.25) is 0 Å². The van der Waals surface area contributed by atoms with Crippen molar-refractivity contribution in [2.24, 2.45) is 11.8 Å². The minimum atomic E-state index is -0.822. The van der Waals surface area contributed by atoms with Gasteiger partial charge in [0.25, 0.3) is 0 Å². The van der Waals surface area contributed by atoms with Crippen LogP contribution in [0.1, 0.15) is 25.5 Å². The van der Waals surface area contributed by atoms with E-state index in [0.717, 1.165) is 5.56 Å². The molecule has 98 valence electrons. The van der Waals surface area contributed by atoms with Crippen molar-refractivity contribution < 1.29 is 9.90 Å². The summed E-state index contributed by atoms with van der Waals surface area (Å²) < 4.78 is 0. The minimum Gasteiger partial charge on any atom is -0.480 e. The fraction of sp³-hybridized carbons (Fsp3) is 0.462. The standard InChI is InChI=1S/C13H17ClN2O2/c1-7(2)10-11(15-16-12(10)13(17)18)8-3-5-9(14)6-4-8/h3-7,10-12,15-16H,1-2H3,(H,17,18). The third kappa shape index (κ3) is 2.51. The van der Waals surface area contributed by atoms with Crippen LogP contribution in [0.25, 0.3) is 0 Å². The number of carboxylic acid groups (broad SMARTS) is 1. The molecule has 3 atom stereocenters. The molecule has 1 aliphatic rings. The van der Waals surface area contributed by atoms with Crippen LogP contribution < -0.4 is 10.9 Å². The molecule has 0 radical (unpaired) electrons. The zero-order valence-electron chi connectivity index (χ0n) is 10.4. The zero-order valence-corrected chi connectivity index (χ0v) is 11.1. The number of benzene rings is 1. The highest BCUT2D eigenvalue weighted by atomic mass is 35.5. The van der Waals surface area contributed by atoms with Gasteiger partial charge in [0.1, 0.15) is 6.04 Å². The summed E-state index contributed by atoms with van der Waals surface area (Å²) >= 11 is 5.87. The summed E-state index contributed by atoms with van der Waals surface area (Å²) in [6, 6.07) is 6.94. The van der Waals surface area contributed by atoms with E-state index in [9.17, 15) is 9.90 Å². The molecule has 5 heteroatoms. The minimum absolute atomic E-state index is 0.00340. The van der Waals surface area contributed by atoms with E-state index in [1.54, 1.807) is 0 Å². The molecule has 1 fully saturated rings. The van der Waals surface area contributed by atoms with Gasteiger partial charge in [0.05, 0.1) is 6.04 Å². The summed E-state index contributed by atoms with van der Waals surface area (Å²) in [5.41, 5.74) is 7.00. The van der Waals surface area contributed by atoms with Crippen LogP contribution in [-0.2, 0) is 4.79 Å². The third-order valence-electron chi connectivity index (χ3n) is 3.43. The van der Waals surface area contributed by atoms with Crippen molar-refractivity contribution in [1.29, 1.82) is 0 Å². The molecular weight excluding hydrogens is 252 g/mol. The first-order valence-corrected chi connectivity index (χ1v) is 6.38. The van der Waals surface area contributed by atoms with Crippen molar-refractivity contribution >= 4 is 17.6 Å². The van der Waals surface area contributed by atoms with E-state index in [0.29, 0.717) is 5.02 Å². The van der Waals surface area contributed by atoms with Crippen LogP contribution in [0.3, 0.4) is 0 Å². The van der Waals surface area contributed by atoms with Crippen molar-refractivity contribution in [2.45, 2.75) is 25.9 Å². The number of carboxylic acids is 1. The molecule has 0 saturated carbocycles. The Hall–Kier alpha value is -1.10. The number of carbonyl (C=O) groups is 1. The van der Waals surface area contributed by atoms with Gasteiger partial charge in [-0.25, -0.2) is 10.9 Å². The Morgan fingerprint density at radius 3 is 2.39 bits per heavy atom. The molecule has 1 saturated heterocycles. The Balaban J connectivity index is 2.27. The lowest BCUT2D eigenvalue weighted by molar-refractivity contribution is -0.140. The van der Waals surface area contributed by atoms with Crippen LogP contribution in [0.4, 0.5) is 0 Å². The molecular formula is C13H17ClN2O2. The number of hydrogen-bond acceptors (Lipinski definition) is 3. The lowest BCUT2D eigenvalue weighted by Gasteiger charge is -2.24. The zero-order chi connectivity index (χ0) is 13.3. The molecule has 1 heterocycles. The molecule has 1 aromatic carbocycles. The van der Waals surface area contributed by atoms with Crippen molar-refractivity contribution in [3.63, 3.8) is 0 Å². The maximum atomic E-state index is 11.2. The van der Waals surface area contributed by atoms with Crippen LogP contribution in [0.5, 0.6) is 0 Å².